The quantitative estimate of drug-likeness (QED) is 0.647. The maximum atomic E-state index is 10.5. The molecule has 4 heteroatoms. The van der Waals surface area contributed by atoms with E-state index in [1.54, 1.807) is 0 Å². The Labute approximate surface area is 71.5 Å². The van der Waals surface area contributed by atoms with E-state index in [-0.39, 0.29) is 11.9 Å². The van der Waals surface area contributed by atoms with E-state index in [1.165, 1.54) is 0 Å². The number of carbonyl (C=O) groups excluding carboxylic acids is 1. The monoisotopic (exact) mass is 174 g/mol. The Bertz CT molecular complexity index is 168. The lowest BCUT2D eigenvalue weighted by Crippen LogP contribution is -2.28. The molecule has 0 aromatic rings. The molecule has 4 nitrogen and oxygen atoms in total. The number of carboxylic acid groups (broad SMARTS) is 1. The van der Waals surface area contributed by atoms with Gasteiger partial charge in [-0.2, -0.15) is 0 Å². The van der Waals surface area contributed by atoms with Crippen LogP contribution in [0.5, 0.6) is 0 Å². The minimum atomic E-state index is -1.10. The zero-order chi connectivity index (χ0) is 9.78. The molecule has 0 aromatic carbocycles. The number of rotatable bonds is 4. The molecule has 0 aliphatic carbocycles. The van der Waals surface area contributed by atoms with Gasteiger partial charge in [-0.05, 0) is 5.41 Å². The fourth-order valence-electron chi connectivity index (χ4n) is 0.817. The van der Waals surface area contributed by atoms with E-state index in [4.69, 9.17) is 5.11 Å². The number of hydrogen-bond donors (Lipinski definition) is 1. The summed E-state index contributed by atoms with van der Waals surface area (Å²) in [5, 5.41) is 8.58. The van der Waals surface area contributed by atoms with Crippen molar-refractivity contribution in [1.29, 1.82) is 0 Å². The van der Waals surface area contributed by atoms with Gasteiger partial charge in [-0.15, -0.1) is 0 Å². The third kappa shape index (κ3) is 4.71. The molecule has 0 rings (SSSR count). The van der Waals surface area contributed by atoms with Crippen molar-refractivity contribution < 1.29 is 19.4 Å². The first-order valence-corrected chi connectivity index (χ1v) is 3.69. The van der Waals surface area contributed by atoms with Gasteiger partial charge in [0.15, 0.2) is 6.10 Å². The lowest BCUT2D eigenvalue weighted by molar-refractivity contribution is -0.158. The van der Waals surface area contributed by atoms with Crippen LogP contribution in [0.2, 0.25) is 0 Å². The first kappa shape index (κ1) is 10.9. The van der Waals surface area contributed by atoms with Crippen molar-refractivity contribution in [2.24, 2.45) is 5.41 Å². The SMILES string of the molecule is CC(C)(C)CC(OC=O)C(=O)O. The highest BCUT2D eigenvalue weighted by atomic mass is 16.5. The predicted octanol–water partition coefficient (Wildman–Crippen LogP) is 1.05. The number of hydrogen-bond acceptors (Lipinski definition) is 3. The Morgan fingerprint density at radius 1 is 1.58 bits per heavy atom. The van der Waals surface area contributed by atoms with Gasteiger partial charge in [0.2, 0.25) is 0 Å². The summed E-state index contributed by atoms with van der Waals surface area (Å²) in [6.07, 6.45) is -0.705. The van der Waals surface area contributed by atoms with Gasteiger partial charge in [0.05, 0.1) is 0 Å². The number of ether oxygens (including phenoxy) is 1. The Hall–Kier alpha value is -1.06. The molecule has 0 bridgehead atoms. The van der Waals surface area contributed by atoms with Crippen molar-refractivity contribution in [2.45, 2.75) is 33.3 Å². The Morgan fingerprint density at radius 2 is 2.08 bits per heavy atom. The fraction of sp³-hybridized carbons (Fsp3) is 0.750. The summed E-state index contributed by atoms with van der Waals surface area (Å²) < 4.78 is 4.40. The Morgan fingerprint density at radius 3 is 2.33 bits per heavy atom. The van der Waals surface area contributed by atoms with Gasteiger partial charge in [-0.3, -0.25) is 4.79 Å². The van der Waals surface area contributed by atoms with Gasteiger partial charge in [-0.1, -0.05) is 20.8 Å². The van der Waals surface area contributed by atoms with Crippen molar-refractivity contribution in [1.82, 2.24) is 0 Å². The minimum absolute atomic E-state index is 0.161. The van der Waals surface area contributed by atoms with E-state index < -0.39 is 12.1 Å². The zero-order valence-corrected chi connectivity index (χ0v) is 7.53. The minimum Gasteiger partial charge on any atom is -0.479 e. The van der Waals surface area contributed by atoms with E-state index in [1.807, 2.05) is 20.8 Å². The molecule has 0 aromatic heterocycles. The summed E-state index contributed by atoms with van der Waals surface area (Å²) in [6.45, 7) is 5.83. The number of aliphatic carboxylic acids is 1. The van der Waals surface area contributed by atoms with Crippen LogP contribution in [0, 0.1) is 5.41 Å². The van der Waals surface area contributed by atoms with Gasteiger partial charge >= 0.3 is 5.97 Å². The molecule has 70 valence electrons. The van der Waals surface area contributed by atoms with Crippen LogP contribution < -0.4 is 0 Å². The average molecular weight is 174 g/mol. The van der Waals surface area contributed by atoms with Crippen molar-refractivity contribution in [2.75, 3.05) is 0 Å². The van der Waals surface area contributed by atoms with Crippen molar-refractivity contribution >= 4 is 12.4 Å². The van der Waals surface area contributed by atoms with E-state index in [0.717, 1.165) is 0 Å². The molecule has 1 N–H and O–H groups in total. The van der Waals surface area contributed by atoms with E-state index >= 15 is 0 Å². The molecule has 0 saturated carbocycles. The van der Waals surface area contributed by atoms with E-state index in [2.05, 4.69) is 4.74 Å². The van der Waals surface area contributed by atoms with Crippen LogP contribution in [0.3, 0.4) is 0 Å². The average Bonchev–Trinajstić information content (AvgIpc) is 1.83. The first-order valence-electron chi connectivity index (χ1n) is 3.69. The molecule has 0 radical (unpaired) electrons. The summed E-state index contributed by atoms with van der Waals surface area (Å²) in [6, 6.07) is 0. The van der Waals surface area contributed by atoms with Gasteiger partial charge in [-0.25, -0.2) is 4.79 Å². The summed E-state index contributed by atoms with van der Waals surface area (Å²) in [7, 11) is 0. The second-order valence-corrected chi connectivity index (χ2v) is 3.82. The molecule has 1 atom stereocenters. The molecule has 0 fully saturated rings. The van der Waals surface area contributed by atoms with Crippen LogP contribution in [0.1, 0.15) is 27.2 Å². The highest BCUT2D eigenvalue weighted by Crippen LogP contribution is 2.22. The molecule has 0 spiro atoms. The van der Waals surface area contributed by atoms with Crippen LogP contribution in [-0.4, -0.2) is 23.7 Å². The second kappa shape index (κ2) is 4.09. The molecule has 0 amide bonds. The van der Waals surface area contributed by atoms with Crippen LogP contribution in [-0.2, 0) is 14.3 Å². The topological polar surface area (TPSA) is 63.6 Å². The molecule has 1 unspecified atom stereocenters. The van der Waals surface area contributed by atoms with Crippen molar-refractivity contribution in [3.63, 3.8) is 0 Å². The van der Waals surface area contributed by atoms with E-state index in [0.29, 0.717) is 6.42 Å². The molecule has 0 heterocycles. The maximum Gasteiger partial charge on any atom is 0.345 e. The second-order valence-electron chi connectivity index (χ2n) is 3.82. The molecule has 0 aliphatic heterocycles. The fourth-order valence-corrected chi connectivity index (χ4v) is 0.817. The third-order valence-corrected chi connectivity index (χ3v) is 1.29. The molecular formula is C8H14O4. The lowest BCUT2D eigenvalue weighted by Gasteiger charge is -2.21. The number of carboxylic acids is 1. The Balaban J connectivity index is 4.13. The van der Waals surface area contributed by atoms with Gasteiger partial charge in [0.25, 0.3) is 6.47 Å². The standard InChI is InChI=1S/C8H14O4/c1-8(2,3)4-6(7(10)11)12-5-9/h5-6H,4H2,1-3H3,(H,10,11). The highest BCUT2D eigenvalue weighted by molar-refractivity contribution is 5.73. The zero-order valence-electron chi connectivity index (χ0n) is 7.53. The first-order chi connectivity index (χ1) is 5.37. The summed E-state index contributed by atoms with van der Waals surface area (Å²) in [5.41, 5.74) is -0.161. The third-order valence-electron chi connectivity index (χ3n) is 1.29. The van der Waals surface area contributed by atoms with Crippen LogP contribution in [0.25, 0.3) is 0 Å². The maximum absolute atomic E-state index is 10.5. The molecule has 0 aliphatic rings. The molecule has 12 heavy (non-hydrogen) atoms. The van der Waals surface area contributed by atoms with Crippen LogP contribution >= 0.6 is 0 Å². The van der Waals surface area contributed by atoms with Crippen molar-refractivity contribution in [3.05, 3.63) is 0 Å². The highest BCUT2D eigenvalue weighted by Gasteiger charge is 2.25. The van der Waals surface area contributed by atoms with Gasteiger partial charge in [0, 0.05) is 6.42 Å². The lowest BCUT2D eigenvalue weighted by atomic mass is 9.89. The largest absolute Gasteiger partial charge is 0.479 e. The summed E-state index contributed by atoms with van der Waals surface area (Å²) in [4.78, 5) is 20.4. The predicted molar refractivity (Wildman–Crippen MR) is 42.6 cm³/mol. The van der Waals surface area contributed by atoms with Crippen LogP contribution in [0.4, 0.5) is 0 Å². The van der Waals surface area contributed by atoms with Gasteiger partial charge in [0.1, 0.15) is 0 Å². The normalized spacial score (nSPS) is 13.6. The summed E-state index contributed by atoms with van der Waals surface area (Å²) >= 11 is 0. The van der Waals surface area contributed by atoms with E-state index in [9.17, 15) is 9.59 Å². The molecular weight excluding hydrogens is 160 g/mol. The Kier molecular flexibility index (Phi) is 3.73. The van der Waals surface area contributed by atoms with Gasteiger partial charge < -0.3 is 9.84 Å². The molecule has 0 saturated heterocycles. The van der Waals surface area contributed by atoms with Crippen molar-refractivity contribution in [3.8, 4) is 0 Å². The smallest absolute Gasteiger partial charge is 0.345 e. The van der Waals surface area contributed by atoms with Crippen LogP contribution in [0.15, 0.2) is 0 Å². The summed E-state index contributed by atoms with van der Waals surface area (Å²) in [5.74, 6) is -1.10. The number of carbonyl (C=O) groups is 2.